The third-order valence-electron chi connectivity index (χ3n) is 2.61. The summed E-state index contributed by atoms with van der Waals surface area (Å²) in [7, 11) is 0. The molecule has 0 bridgehead atoms. The highest BCUT2D eigenvalue weighted by Crippen LogP contribution is 2.14. The van der Waals surface area contributed by atoms with E-state index in [9.17, 15) is 4.39 Å². The summed E-state index contributed by atoms with van der Waals surface area (Å²) < 4.78 is 13.1. The monoisotopic (exact) mass is 215 g/mol. The van der Waals surface area contributed by atoms with Crippen molar-refractivity contribution in [1.29, 1.82) is 0 Å². The lowest BCUT2D eigenvalue weighted by Crippen LogP contribution is -1.92. The highest BCUT2D eigenvalue weighted by atomic mass is 19.1. The van der Waals surface area contributed by atoms with Crippen molar-refractivity contribution in [2.45, 2.75) is 13.3 Å². The topological polar surface area (TPSA) is 26.0 Å². The number of rotatable bonds is 2. The van der Waals surface area contributed by atoms with Crippen LogP contribution in [-0.4, -0.2) is 0 Å². The molecule has 2 aromatic carbocycles. The van der Waals surface area contributed by atoms with E-state index in [1.165, 1.54) is 11.6 Å². The fraction of sp³-hybridized carbons (Fsp3) is 0.143. The summed E-state index contributed by atoms with van der Waals surface area (Å²) in [6.45, 7) is 1.78. The minimum atomic E-state index is -0.152. The van der Waals surface area contributed by atoms with Gasteiger partial charge in [-0.15, -0.1) is 0 Å². The fourth-order valence-electron chi connectivity index (χ4n) is 1.69. The summed E-state index contributed by atoms with van der Waals surface area (Å²) in [5, 5.41) is 0. The quantitative estimate of drug-likeness (QED) is 0.764. The molecule has 0 saturated carbocycles. The molecule has 0 amide bonds. The van der Waals surface area contributed by atoms with Crippen LogP contribution in [0, 0.1) is 12.7 Å². The Labute approximate surface area is 94.7 Å². The maximum atomic E-state index is 13.1. The minimum Gasteiger partial charge on any atom is -0.399 e. The lowest BCUT2D eigenvalue weighted by atomic mass is 10.0. The minimum absolute atomic E-state index is 0.152. The van der Waals surface area contributed by atoms with Crippen LogP contribution in [0.25, 0.3) is 0 Å². The van der Waals surface area contributed by atoms with Gasteiger partial charge >= 0.3 is 0 Å². The summed E-state index contributed by atoms with van der Waals surface area (Å²) in [6.07, 6.45) is 0.807. The number of hydrogen-bond donors (Lipinski definition) is 1. The number of halogens is 1. The van der Waals surface area contributed by atoms with E-state index in [0.29, 0.717) is 5.56 Å². The van der Waals surface area contributed by atoms with Crippen molar-refractivity contribution in [3.63, 3.8) is 0 Å². The lowest BCUT2D eigenvalue weighted by molar-refractivity contribution is 0.618. The van der Waals surface area contributed by atoms with Crippen molar-refractivity contribution in [3.8, 4) is 0 Å². The summed E-state index contributed by atoms with van der Waals surface area (Å²) in [5.41, 5.74) is 9.36. The van der Waals surface area contributed by atoms with Crippen LogP contribution in [0.15, 0.2) is 42.5 Å². The maximum absolute atomic E-state index is 13.1. The van der Waals surface area contributed by atoms with Crippen LogP contribution in [-0.2, 0) is 6.42 Å². The smallest absolute Gasteiger partial charge is 0.126 e. The van der Waals surface area contributed by atoms with Gasteiger partial charge < -0.3 is 5.73 Å². The molecule has 0 radical (unpaired) electrons. The van der Waals surface area contributed by atoms with Crippen LogP contribution in [0.2, 0.25) is 0 Å². The molecule has 1 nitrogen and oxygen atoms in total. The zero-order valence-corrected chi connectivity index (χ0v) is 9.20. The van der Waals surface area contributed by atoms with Gasteiger partial charge in [0.2, 0.25) is 0 Å². The number of hydrogen-bond acceptors (Lipinski definition) is 1. The number of aryl methyl sites for hydroxylation is 1. The van der Waals surface area contributed by atoms with Crippen molar-refractivity contribution in [3.05, 3.63) is 65.0 Å². The van der Waals surface area contributed by atoms with Crippen LogP contribution in [0.3, 0.4) is 0 Å². The molecule has 2 heteroatoms. The Kier molecular flexibility index (Phi) is 2.91. The molecular weight excluding hydrogens is 201 g/mol. The van der Waals surface area contributed by atoms with Gasteiger partial charge in [0.25, 0.3) is 0 Å². The van der Waals surface area contributed by atoms with Crippen molar-refractivity contribution in [2.75, 3.05) is 5.73 Å². The van der Waals surface area contributed by atoms with E-state index in [-0.39, 0.29) is 5.82 Å². The average Bonchev–Trinajstić information content (AvgIpc) is 2.27. The zero-order chi connectivity index (χ0) is 11.5. The Morgan fingerprint density at radius 2 is 1.62 bits per heavy atom. The maximum Gasteiger partial charge on any atom is 0.126 e. The largest absolute Gasteiger partial charge is 0.399 e. The van der Waals surface area contributed by atoms with E-state index in [0.717, 1.165) is 17.7 Å². The van der Waals surface area contributed by atoms with E-state index >= 15 is 0 Å². The Morgan fingerprint density at radius 3 is 2.25 bits per heavy atom. The summed E-state index contributed by atoms with van der Waals surface area (Å²) in [4.78, 5) is 0. The average molecular weight is 215 g/mol. The van der Waals surface area contributed by atoms with Crippen molar-refractivity contribution < 1.29 is 4.39 Å². The van der Waals surface area contributed by atoms with Gasteiger partial charge in [0.05, 0.1) is 0 Å². The molecule has 0 aliphatic heterocycles. The first-order valence-corrected chi connectivity index (χ1v) is 5.24. The Hall–Kier alpha value is -1.83. The van der Waals surface area contributed by atoms with Crippen LogP contribution >= 0.6 is 0 Å². The second kappa shape index (κ2) is 4.35. The van der Waals surface area contributed by atoms with Gasteiger partial charge in [-0.25, -0.2) is 4.39 Å². The molecule has 0 aromatic heterocycles. The number of nitrogen functional groups attached to an aromatic ring is 1. The summed E-state index contributed by atoms with van der Waals surface area (Å²) >= 11 is 0. The second-order valence-corrected chi connectivity index (χ2v) is 4.00. The van der Waals surface area contributed by atoms with Gasteiger partial charge in [0.15, 0.2) is 0 Å². The zero-order valence-electron chi connectivity index (χ0n) is 9.20. The summed E-state index contributed by atoms with van der Waals surface area (Å²) in [6, 6.07) is 13.0. The SMILES string of the molecule is Cc1cc(Cc2ccc(N)cc2)ccc1F. The first kappa shape index (κ1) is 10.7. The highest BCUT2D eigenvalue weighted by Gasteiger charge is 2.00. The molecule has 0 aliphatic carbocycles. The van der Waals surface area contributed by atoms with E-state index < -0.39 is 0 Å². The van der Waals surface area contributed by atoms with Crippen LogP contribution in [0.5, 0.6) is 0 Å². The third-order valence-corrected chi connectivity index (χ3v) is 2.61. The van der Waals surface area contributed by atoms with Gasteiger partial charge in [0, 0.05) is 5.69 Å². The third kappa shape index (κ3) is 2.40. The highest BCUT2D eigenvalue weighted by molar-refractivity contribution is 5.40. The number of anilines is 1. The van der Waals surface area contributed by atoms with Gasteiger partial charge in [-0.3, -0.25) is 0 Å². The van der Waals surface area contributed by atoms with Crippen molar-refractivity contribution >= 4 is 5.69 Å². The molecule has 2 N–H and O–H groups in total. The molecule has 0 atom stereocenters. The normalized spacial score (nSPS) is 10.4. The second-order valence-electron chi connectivity index (χ2n) is 4.00. The molecule has 0 saturated heterocycles. The predicted octanol–water partition coefficient (Wildman–Crippen LogP) is 3.31. The van der Waals surface area contributed by atoms with E-state index in [1.54, 1.807) is 6.92 Å². The molecule has 16 heavy (non-hydrogen) atoms. The van der Waals surface area contributed by atoms with Crippen LogP contribution < -0.4 is 5.73 Å². The van der Waals surface area contributed by atoms with Gasteiger partial charge in [0.1, 0.15) is 5.82 Å². The van der Waals surface area contributed by atoms with Crippen molar-refractivity contribution in [2.24, 2.45) is 0 Å². The molecule has 0 heterocycles. The van der Waals surface area contributed by atoms with Gasteiger partial charge in [-0.2, -0.15) is 0 Å². The molecule has 0 unspecified atom stereocenters. The first-order valence-electron chi connectivity index (χ1n) is 5.24. The van der Waals surface area contributed by atoms with E-state index in [1.807, 2.05) is 36.4 Å². The van der Waals surface area contributed by atoms with E-state index in [2.05, 4.69) is 0 Å². The lowest BCUT2D eigenvalue weighted by Gasteiger charge is -2.04. The molecular formula is C14H14FN. The Bertz CT molecular complexity index is 489. The fourth-order valence-corrected chi connectivity index (χ4v) is 1.69. The predicted molar refractivity (Wildman–Crippen MR) is 64.8 cm³/mol. The molecule has 2 aromatic rings. The van der Waals surface area contributed by atoms with E-state index in [4.69, 9.17) is 5.73 Å². The van der Waals surface area contributed by atoms with Gasteiger partial charge in [-0.1, -0.05) is 24.3 Å². The van der Waals surface area contributed by atoms with Gasteiger partial charge in [-0.05, 0) is 48.2 Å². The van der Waals surface area contributed by atoms with Crippen molar-refractivity contribution in [1.82, 2.24) is 0 Å². The molecule has 82 valence electrons. The molecule has 2 rings (SSSR count). The molecule has 0 spiro atoms. The molecule has 0 fully saturated rings. The molecule has 0 aliphatic rings. The summed E-state index contributed by atoms with van der Waals surface area (Å²) in [5.74, 6) is -0.152. The number of benzene rings is 2. The van der Waals surface area contributed by atoms with Crippen LogP contribution in [0.1, 0.15) is 16.7 Å². The number of nitrogens with two attached hydrogens (primary N) is 1. The Balaban J connectivity index is 2.20. The van der Waals surface area contributed by atoms with Crippen LogP contribution in [0.4, 0.5) is 10.1 Å². The first-order chi connectivity index (χ1) is 7.65. The standard InChI is InChI=1S/C14H14FN/c1-10-8-12(4-7-14(10)15)9-11-2-5-13(16)6-3-11/h2-8H,9,16H2,1H3. The Morgan fingerprint density at radius 1 is 1.00 bits per heavy atom.